The fourth-order valence-corrected chi connectivity index (χ4v) is 3.91. The smallest absolute Gasteiger partial charge is 0.136 e. The fourth-order valence-electron chi connectivity index (χ4n) is 1.58. The van der Waals surface area contributed by atoms with Crippen molar-refractivity contribution in [1.82, 2.24) is 14.3 Å². The molecule has 0 aliphatic rings. The summed E-state index contributed by atoms with van der Waals surface area (Å²) in [5, 5.41) is 2.18. The van der Waals surface area contributed by atoms with Gasteiger partial charge in [-0.15, -0.1) is 11.3 Å². The van der Waals surface area contributed by atoms with E-state index in [0.29, 0.717) is 0 Å². The molecule has 0 aliphatic carbocycles. The Kier molecular flexibility index (Phi) is 4.42. The Labute approximate surface area is 115 Å². The lowest BCUT2D eigenvalue weighted by Gasteiger charge is -2.20. The summed E-state index contributed by atoms with van der Waals surface area (Å²) in [5.41, 5.74) is 1.27. The second kappa shape index (κ2) is 5.84. The summed E-state index contributed by atoms with van der Waals surface area (Å²) < 4.78 is 3.11. The van der Waals surface area contributed by atoms with Crippen molar-refractivity contribution in [2.45, 2.75) is 19.6 Å². The summed E-state index contributed by atoms with van der Waals surface area (Å²) in [5.74, 6) is 0.908. The Hall–Kier alpha value is -0.590. The molecule has 0 amide bonds. The van der Waals surface area contributed by atoms with Crippen LogP contribution >= 0.6 is 35.3 Å². The third-order valence-electron chi connectivity index (χ3n) is 2.59. The van der Waals surface area contributed by atoms with Crippen LogP contribution in [0.4, 0.5) is 0 Å². The van der Waals surface area contributed by atoms with Crippen molar-refractivity contribution < 1.29 is 0 Å². The molecule has 0 radical (unpaired) electrons. The van der Waals surface area contributed by atoms with Crippen LogP contribution in [-0.4, -0.2) is 31.7 Å². The maximum absolute atomic E-state index is 5.42. The van der Waals surface area contributed by atoms with Crippen LogP contribution in [0.2, 0.25) is 0 Å². The van der Waals surface area contributed by atoms with E-state index in [-0.39, 0.29) is 0 Å². The van der Waals surface area contributed by atoms with Gasteiger partial charge in [-0.25, -0.2) is 4.98 Å². The molecule has 0 fully saturated rings. The van der Waals surface area contributed by atoms with Crippen LogP contribution in [0.3, 0.4) is 0 Å². The normalized spacial score (nSPS) is 10.9. The Morgan fingerprint density at radius 1 is 1.53 bits per heavy atom. The van der Waals surface area contributed by atoms with E-state index in [1.54, 1.807) is 23.1 Å². The molecule has 0 atom stereocenters. The van der Waals surface area contributed by atoms with Gasteiger partial charge in [-0.1, -0.05) is 24.0 Å². The van der Waals surface area contributed by atoms with Crippen molar-refractivity contribution in [1.29, 1.82) is 0 Å². The first-order valence-electron chi connectivity index (χ1n) is 5.56. The minimum atomic E-state index is 0.908. The molecule has 2 heterocycles. The van der Waals surface area contributed by atoms with Gasteiger partial charge in [-0.3, -0.25) is 4.40 Å². The van der Waals surface area contributed by atoms with Crippen molar-refractivity contribution in [3.63, 3.8) is 0 Å². The highest BCUT2D eigenvalue weighted by Gasteiger charge is 2.08. The number of thiazole rings is 1. The number of imidazole rings is 1. The average Bonchev–Trinajstić information content (AvgIpc) is 2.90. The van der Waals surface area contributed by atoms with Gasteiger partial charge in [-0.05, 0) is 13.8 Å². The van der Waals surface area contributed by atoms with E-state index in [9.17, 15) is 0 Å². The minimum Gasteiger partial charge on any atom is -0.358 e. The van der Waals surface area contributed by atoms with Gasteiger partial charge < -0.3 is 4.90 Å². The molecule has 0 saturated carbocycles. The maximum atomic E-state index is 5.42. The van der Waals surface area contributed by atoms with Crippen LogP contribution in [0.5, 0.6) is 0 Å². The van der Waals surface area contributed by atoms with Crippen molar-refractivity contribution >= 4 is 44.5 Å². The van der Waals surface area contributed by atoms with E-state index in [1.807, 2.05) is 12.5 Å². The van der Waals surface area contributed by atoms with Crippen LogP contribution in [-0.2, 0) is 5.75 Å². The molecule has 6 heteroatoms. The average molecular weight is 285 g/mol. The van der Waals surface area contributed by atoms with Crippen molar-refractivity contribution in [2.75, 3.05) is 13.1 Å². The summed E-state index contributed by atoms with van der Waals surface area (Å²) in [4.78, 5) is 7.53. The van der Waals surface area contributed by atoms with Crippen LogP contribution in [0.25, 0.3) is 4.83 Å². The van der Waals surface area contributed by atoms with E-state index in [4.69, 9.17) is 12.2 Å². The zero-order valence-electron chi connectivity index (χ0n) is 9.92. The highest BCUT2D eigenvalue weighted by molar-refractivity contribution is 8.22. The standard InChI is InChI=1S/C11H15N3S3/c1-3-13(4-2)11(15)17-7-9-6-16-10-5-12-8-14(9)10/h5-6,8H,3-4,7H2,1-2H3. The molecule has 0 unspecified atom stereocenters. The Balaban J connectivity index is 1.99. The van der Waals surface area contributed by atoms with E-state index < -0.39 is 0 Å². The number of thioether (sulfide) groups is 1. The van der Waals surface area contributed by atoms with E-state index >= 15 is 0 Å². The molecule has 92 valence electrons. The summed E-state index contributed by atoms with van der Waals surface area (Å²) in [6, 6.07) is 0. The summed E-state index contributed by atoms with van der Waals surface area (Å²) in [6.07, 6.45) is 3.75. The predicted octanol–water partition coefficient (Wildman–Crippen LogP) is 3.26. The summed E-state index contributed by atoms with van der Waals surface area (Å²) in [7, 11) is 0. The third kappa shape index (κ3) is 2.81. The van der Waals surface area contributed by atoms with Gasteiger partial charge in [0.05, 0.1) is 6.20 Å². The highest BCUT2D eigenvalue weighted by atomic mass is 32.2. The summed E-state index contributed by atoms with van der Waals surface area (Å²) >= 11 is 8.86. The van der Waals surface area contributed by atoms with Crippen molar-refractivity contribution in [2.24, 2.45) is 0 Å². The van der Waals surface area contributed by atoms with Gasteiger partial charge in [0.1, 0.15) is 15.5 Å². The zero-order valence-corrected chi connectivity index (χ0v) is 12.4. The largest absolute Gasteiger partial charge is 0.358 e. The molecule has 0 aliphatic heterocycles. The lowest BCUT2D eigenvalue weighted by molar-refractivity contribution is 0.482. The molecule has 3 nitrogen and oxygen atoms in total. The first-order valence-corrected chi connectivity index (χ1v) is 7.83. The molecule has 17 heavy (non-hydrogen) atoms. The lowest BCUT2D eigenvalue weighted by Crippen LogP contribution is -2.26. The fraction of sp³-hybridized carbons (Fsp3) is 0.455. The Morgan fingerprint density at radius 3 is 3.00 bits per heavy atom. The number of hydrogen-bond acceptors (Lipinski definition) is 4. The molecule has 0 bridgehead atoms. The van der Waals surface area contributed by atoms with E-state index in [1.165, 1.54) is 10.5 Å². The van der Waals surface area contributed by atoms with Crippen molar-refractivity contribution in [3.05, 3.63) is 23.6 Å². The Bertz CT molecular complexity index is 499. The molecule has 0 saturated heterocycles. The predicted molar refractivity (Wildman–Crippen MR) is 79.9 cm³/mol. The molecule has 0 spiro atoms. The third-order valence-corrected chi connectivity index (χ3v) is 5.09. The first-order chi connectivity index (χ1) is 8.26. The first kappa shape index (κ1) is 12.9. The number of fused-ring (bicyclic) bond motifs is 1. The Morgan fingerprint density at radius 2 is 2.29 bits per heavy atom. The molecule has 2 aromatic heterocycles. The molecule has 2 aromatic rings. The SMILES string of the molecule is CCN(CC)C(=S)SCc1csc2cncn12. The number of aromatic nitrogens is 2. The molecule has 0 aromatic carbocycles. The molecular weight excluding hydrogens is 270 g/mol. The summed E-state index contributed by atoms with van der Waals surface area (Å²) in [6.45, 7) is 6.23. The second-order valence-electron chi connectivity index (χ2n) is 3.56. The monoisotopic (exact) mass is 285 g/mol. The molecular formula is C11H15N3S3. The van der Waals surface area contributed by atoms with Crippen LogP contribution in [0, 0.1) is 0 Å². The van der Waals surface area contributed by atoms with E-state index in [0.717, 1.165) is 23.2 Å². The number of thiocarbonyl (C=S) groups is 1. The number of rotatable bonds is 4. The van der Waals surface area contributed by atoms with Crippen LogP contribution < -0.4 is 0 Å². The molecule has 2 rings (SSSR count). The minimum absolute atomic E-state index is 0.908. The zero-order chi connectivity index (χ0) is 12.3. The number of nitrogens with zero attached hydrogens (tertiary/aromatic N) is 3. The van der Waals surface area contributed by atoms with Crippen LogP contribution in [0.1, 0.15) is 19.5 Å². The van der Waals surface area contributed by atoms with Gasteiger partial charge in [0.2, 0.25) is 0 Å². The number of hydrogen-bond donors (Lipinski definition) is 0. The van der Waals surface area contributed by atoms with Crippen molar-refractivity contribution in [3.8, 4) is 0 Å². The van der Waals surface area contributed by atoms with Gasteiger partial charge in [0, 0.05) is 29.9 Å². The molecule has 0 N–H and O–H groups in total. The van der Waals surface area contributed by atoms with Gasteiger partial charge in [0.15, 0.2) is 0 Å². The van der Waals surface area contributed by atoms with Crippen LogP contribution in [0.15, 0.2) is 17.9 Å². The van der Waals surface area contributed by atoms with Gasteiger partial charge in [0.25, 0.3) is 0 Å². The highest BCUT2D eigenvalue weighted by Crippen LogP contribution is 2.21. The van der Waals surface area contributed by atoms with E-state index in [2.05, 4.69) is 33.5 Å². The quantitative estimate of drug-likeness (QED) is 0.803. The maximum Gasteiger partial charge on any atom is 0.136 e. The topological polar surface area (TPSA) is 20.5 Å². The lowest BCUT2D eigenvalue weighted by atomic mass is 10.6. The van der Waals surface area contributed by atoms with Gasteiger partial charge >= 0.3 is 0 Å². The second-order valence-corrected chi connectivity index (χ2v) is 6.05. The van der Waals surface area contributed by atoms with Gasteiger partial charge in [-0.2, -0.15) is 0 Å².